The summed E-state index contributed by atoms with van der Waals surface area (Å²) in [5, 5.41) is 21.0. The third kappa shape index (κ3) is 6.28. The second-order valence-electron chi connectivity index (χ2n) is 12.1. The standard InChI is InChI=1S/C36H34FN9O3/c1-23-27(35(47)41-31-20-43(2)22-39-31)9-10-28(32(23)37)33-29(19-38)34-40-30-11-8-26(18-25(30)12-13-46(34)42-33)44-14-16-45(17-15-44)36(48)49-21-24-6-4-3-5-7-24/h3-11,18,20,22,40H,12-17,21H2,1-2H3,(H,41,47). The van der Waals surface area contributed by atoms with Crippen molar-refractivity contribution in [3.05, 3.63) is 107 Å². The van der Waals surface area contributed by atoms with E-state index in [0.717, 1.165) is 22.5 Å². The number of anilines is 4. The molecule has 248 valence electrons. The summed E-state index contributed by atoms with van der Waals surface area (Å²) < 4.78 is 24.7. The highest BCUT2D eigenvalue weighted by molar-refractivity contribution is 6.05. The number of hydrogen-bond acceptors (Lipinski definition) is 8. The Balaban J connectivity index is 1.04. The molecule has 0 bridgehead atoms. The number of ether oxygens (including phenoxy) is 1. The van der Waals surface area contributed by atoms with Gasteiger partial charge >= 0.3 is 6.09 Å². The quantitative estimate of drug-likeness (QED) is 0.240. The predicted octanol–water partition coefficient (Wildman–Crippen LogP) is 5.61. The molecule has 0 aliphatic carbocycles. The first-order valence-corrected chi connectivity index (χ1v) is 16.0. The molecular weight excluding hydrogens is 625 g/mol. The van der Waals surface area contributed by atoms with Crippen molar-refractivity contribution in [3.63, 3.8) is 0 Å². The number of hydrogen-bond donors (Lipinski definition) is 2. The first kappa shape index (κ1) is 31.4. The highest BCUT2D eigenvalue weighted by Crippen LogP contribution is 2.37. The number of halogens is 1. The number of rotatable bonds is 6. The van der Waals surface area contributed by atoms with Crippen LogP contribution in [0.25, 0.3) is 11.3 Å². The van der Waals surface area contributed by atoms with Crippen LogP contribution in [-0.4, -0.2) is 62.4 Å². The second-order valence-corrected chi connectivity index (χ2v) is 12.1. The number of nitrogens with zero attached hydrogens (tertiary/aromatic N) is 7. The van der Waals surface area contributed by atoms with Crippen LogP contribution in [0.1, 0.15) is 32.6 Å². The number of nitriles is 1. The van der Waals surface area contributed by atoms with Gasteiger partial charge in [-0.1, -0.05) is 30.3 Å². The van der Waals surface area contributed by atoms with Gasteiger partial charge in [0.15, 0.2) is 5.82 Å². The number of amides is 2. The van der Waals surface area contributed by atoms with E-state index in [9.17, 15) is 14.9 Å². The maximum absolute atomic E-state index is 15.8. The third-order valence-corrected chi connectivity index (χ3v) is 8.94. The fourth-order valence-corrected chi connectivity index (χ4v) is 6.24. The maximum Gasteiger partial charge on any atom is 0.410 e. The molecule has 2 aliphatic heterocycles. The minimum atomic E-state index is -0.618. The summed E-state index contributed by atoms with van der Waals surface area (Å²) in [6.45, 7) is 4.70. The Kier molecular flexibility index (Phi) is 8.44. The molecule has 7 rings (SSSR count). The minimum absolute atomic E-state index is 0.143. The lowest BCUT2D eigenvalue weighted by Crippen LogP contribution is -2.49. The van der Waals surface area contributed by atoms with Crippen molar-refractivity contribution in [3.8, 4) is 17.3 Å². The average Bonchev–Trinajstić information content (AvgIpc) is 3.64. The van der Waals surface area contributed by atoms with Gasteiger partial charge in [-0.25, -0.2) is 18.9 Å². The Morgan fingerprint density at radius 3 is 2.59 bits per heavy atom. The van der Waals surface area contributed by atoms with Gasteiger partial charge in [-0.15, -0.1) is 0 Å². The molecular formula is C36H34FN9O3. The first-order chi connectivity index (χ1) is 23.8. The number of nitrogens with one attached hydrogen (secondary N) is 2. The molecule has 1 saturated heterocycles. The van der Waals surface area contributed by atoms with Gasteiger partial charge in [0.25, 0.3) is 5.91 Å². The van der Waals surface area contributed by atoms with E-state index in [1.807, 2.05) is 42.5 Å². The van der Waals surface area contributed by atoms with E-state index in [-0.39, 0.29) is 40.6 Å². The molecule has 1 fully saturated rings. The molecule has 0 unspecified atom stereocenters. The van der Waals surface area contributed by atoms with Crippen molar-refractivity contribution in [2.45, 2.75) is 26.5 Å². The van der Waals surface area contributed by atoms with E-state index in [0.29, 0.717) is 50.8 Å². The van der Waals surface area contributed by atoms with Gasteiger partial charge in [-0.3, -0.25) is 4.79 Å². The zero-order valence-electron chi connectivity index (χ0n) is 27.1. The monoisotopic (exact) mass is 659 g/mol. The van der Waals surface area contributed by atoms with Crippen molar-refractivity contribution < 1.29 is 18.7 Å². The number of aromatic nitrogens is 4. The summed E-state index contributed by atoms with van der Waals surface area (Å²) in [5.41, 5.74) is 4.78. The topological polar surface area (TPSA) is 133 Å². The Morgan fingerprint density at radius 2 is 1.86 bits per heavy atom. The van der Waals surface area contributed by atoms with Crippen LogP contribution in [0.4, 0.5) is 32.2 Å². The lowest BCUT2D eigenvalue weighted by Gasteiger charge is -2.35. The van der Waals surface area contributed by atoms with Gasteiger partial charge in [0.1, 0.15) is 35.6 Å². The lowest BCUT2D eigenvalue weighted by atomic mass is 9.99. The second kappa shape index (κ2) is 13.2. The number of carbonyl (C=O) groups excluding carboxylic acids is 2. The summed E-state index contributed by atoms with van der Waals surface area (Å²) in [5.74, 6) is -0.254. The molecule has 2 aliphatic rings. The Labute approximate surface area is 282 Å². The van der Waals surface area contributed by atoms with Gasteiger partial charge in [0, 0.05) is 68.5 Å². The smallest absolute Gasteiger partial charge is 0.410 e. The van der Waals surface area contributed by atoms with Crippen LogP contribution in [0.5, 0.6) is 0 Å². The normalized spacial score (nSPS) is 13.8. The van der Waals surface area contributed by atoms with E-state index in [4.69, 9.17) is 4.74 Å². The molecule has 0 saturated carbocycles. The number of piperazine rings is 1. The Morgan fingerprint density at radius 1 is 1.06 bits per heavy atom. The zero-order valence-corrected chi connectivity index (χ0v) is 27.1. The Bertz CT molecular complexity index is 2090. The largest absolute Gasteiger partial charge is 0.445 e. The molecule has 2 N–H and O–H groups in total. The van der Waals surface area contributed by atoms with E-state index >= 15 is 4.39 Å². The van der Waals surface area contributed by atoms with Crippen molar-refractivity contribution in [1.29, 1.82) is 5.26 Å². The fourth-order valence-electron chi connectivity index (χ4n) is 6.24. The molecule has 4 heterocycles. The SMILES string of the molecule is Cc1c(C(=O)Nc2cn(C)cn2)ccc(-c2nn3c(c2C#N)Nc2ccc(N4CCN(C(=O)OCc5ccccc5)CC4)cc2CC3)c1F. The number of benzene rings is 3. The predicted molar refractivity (Wildman–Crippen MR) is 182 cm³/mol. The summed E-state index contributed by atoms with van der Waals surface area (Å²) in [6, 6.07) is 21.0. The molecule has 12 nitrogen and oxygen atoms in total. The molecule has 0 atom stereocenters. The van der Waals surface area contributed by atoms with Gasteiger partial charge < -0.3 is 29.7 Å². The summed E-state index contributed by atoms with van der Waals surface area (Å²) in [4.78, 5) is 33.6. The van der Waals surface area contributed by atoms with Crippen LogP contribution >= 0.6 is 0 Å². The third-order valence-electron chi connectivity index (χ3n) is 8.94. The van der Waals surface area contributed by atoms with Crippen LogP contribution in [-0.2, 0) is 31.4 Å². The van der Waals surface area contributed by atoms with Crippen LogP contribution in [0.3, 0.4) is 0 Å². The van der Waals surface area contributed by atoms with Crippen molar-refractivity contribution >= 4 is 35.0 Å². The van der Waals surface area contributed by atoms with Crippen LogP contribution in [0.15, 0.2) is 73.2 Å². The molecule has 0 spiro atoms. The van der Waals surface area contributed by atoms with E-state index < -0.39 is 11.7 Å². The first-order valence-electron chi connectivity index (χ1n) is 16.0. The number of aryl methyl sites for hydroxylation is 3. The van der Waals surface area contributed by atoms with E-state index in [2.05, 4.69) is 37.8 Å². The average molecular weight is 660 g/mol. The highest BCUT2D eigenvalue weighted by Gasteiger charge is 2.27. The summed E-state index contributed by atoms with van der Waals surface area (Å²) >= 11 is 0. The minimum Gasteiger partial charge on any atom is -0.445 e. The molecule has 13 heteroatoms. The van der Waals surface area contributed by atoms with Gasteiger partial charge in [-0.2, -0.15) is 10.4 Å². The summed E-state index contributed by atoms with van der Waals surface area (Å²) in [6.07, 6.45) is 3.53. The van der Waals surface area contributed by atoms with Crippen molar-refractivity contribution in [2.24, 2.45) is 7.05 Å². The van der Waals surface area contributed by atoms with Gasteiger partial charge in [0.2, 0.25) is 0 Å². The van der Waals surface area contributed by atoms with Crippen molar-refractivity contribution in [1.82, 2.24) is 24.2 Å². The fraction of sp³-hybridized carbons (Fsp3) is 0.250. The molecule has 2 aromatic heterocycles. The van der Waals surface area contributed by atoms with Crippen molar-refractivity contribution in [2.75, 3.05) is 41.7 Å². The highest BCUT2D eigenvalue weighted by atomic mass is 19.1. The summed E-state index contributed by atoms with van der Waals surface area (Å²) in [7, 11) is 1.78. The number of carbonyl (C=O) groups is 2. The molecule has 49 heavy (non-hydrogen) atoms. The van der Waals surface area contributed by atoms with E-state index in [1.165, 1.54) is 19.1 Å². The lowest BCUT2D eigenvalue weighted by molar-refractivity contribution is 0.0941. The van der Waals surface area contributed by atoms with E-state index in [1.54, 1.807) is 33.7 Å². The molecule has 0 radical (unpaired) electrons. The van der Waals surface area contributed by atoms with Crippen LogP contribution < -0.4 is 15.5 Å². The Hall–Kier alpha value is -6.16. The zero-order chi connectivity index (χ0) is 34.1. The maximum atomic E-state index is 15.8. The number of imidazole rings is 1. The number of fused-ring (bicyclic) bond motifs is 2. The molecule has 2 amide bonds. The molecule has 5 aromatic rings. The van der Waals surface area contributed by atoms with Crippen LogP contribution in [0, 0.1) is 24.1 Å². The molecule has 3 aromatic carbocycles. The van der Waals surface area contributed by atoms with Gasteiger partial charge in [-0.05, 0) is 60.4 Å². The van der Waals surface area contributed by atoms with Gasteiger partial charge in [0.05, 0.1) is 6.33 Å². The van der Waals surface area contributed by atoms with Crippen LogP contribution in [0.2, 0.25) is 0 Å².